The van der Waals surface area contributed by atoms with E-state index in [1.807, 2.05) is 35.2 Å². The molecule has 1 unspecified atom stereocenters. The summed E-state index contributed by atoms with van der Waals surface area (Å²) in [5, 5.41) is 0. The van der Waals surface area contributed by atoms with E-state index in [0.717, 1.165) is 36.3 Å². The summed E-state index contributed by atoms with van der Waals surface area (Å²) in [6.45, 7) is 6.40. The van der Waals surface area contributed by atoms with Crippen LogP contribution >= 0.6 is 0 Å². The molecule has 2 aliphatic rings. The molecular formula is C23H28N2O. The van der Waals surface area contributed by atoms with Crippen molar-refractivity contribution in [1.82, 2.24) is 4.90 Å². The predicted molar refractivity (Wildman–Crippen MR) is 107 cm³/mol. The van der Waals surface area contributed by atoms with Gasteiger partial charge in [-0.2, -0.15) is 0 Å². The number of rotatable bonds is 5. The van der Waals surface area contributed by atoms with Gasteiger partial charge in [-0.15, -0.1) is 0 Å². The Labute approximate surface area is 156 Å². The summed E-state index contributed by atoms with van der Waals surface area (Å²) in [6.07, 6.45) is 5.03. The molecular weight excluding hydrogens is 320 g/mol. The number of likely N-dealkylation sites (tertiary alicyclic amines) is 1. The molecule has 0 saturated carbocycles. The molecule has 2 aliphatic heterocycles. The second-order valence-corrected chi connectivity index (χ2v) is 7.72. The van der Waals surface area contributed by atoms with Crippen LogP contribution in [0.5, 0.6) is 0 Å². The van der Waals surface area contributed by atoms with E-state index in [4.69, 9.17) is 0 Å². The number of hydrogen-bond donors (Lipinski definition) is 0. The lowest BCUT2D eigenvalue weighted by Crippen LogP contribution is -2.40. The molecule has 1 saturated heterocycles. The van der Waals surface area contributed by atoms with E-state index in [2.05, 4.69) is 36.1 Å². The average molecular weight is 348 g/mol. The molecule has 26 heavy (non-hydrogen) atoms. The van der Waals surface area contributed by atoms with Crippen LogP contribution < -0.4 is 4.90 Å². The van der Waals surface area contributed by atoms with E-state index in [1.165, 1.54) is 32.4 Å². The van der Waals surface area contributed by atoms with E-state index < -0.39 is 5.41 Å². The Balaban J connectivity index is 1.56. The van der Waals surface area contributed by atoms with Gasteiger partial charge in [0.05, 0.1) is 5.41 Å². The molecule has 0 aromatic heterocycles. The van der Waals surface area contributed by atoms with E-state index in [1.54, 1.807) is 0 Å². The maximum Gasteiger partial charge on any atom is 0.241 e. The predicted octanol–water partition coefficient (Wildman–Crippen LogP) is 4.22. The Bertz CT molecular complexity index is 767. The number of carbonyl (C=O) groups excluding carboxylic acids is 1. The zero-order valence-electron chi connectivity index (χ0n) is 15.7. The van der Waals surface area contributed by atoms with Crippen LogP contribution in [0.1, 0.15) is 43.7 Å². The van der Waals surface area contributed by atoms with Gasteiger partial charge in [0.15, 0.2) is 0 Å². The molecule has 0 spiro atoms. The monoisotopic (exact) mass is 348 g/mol. The van der Waals surface area contributed by atoms with Gasteiger partial charge < -0.3 is 9.80 Å². The highest BCUT2D eigenvalue weighted by Crippen LogP contribution is 2.45. The fraction of sp³-hybridized carbons (Fsp3) is 0.435. The third-order valence-electron chi connectivity index (χ3n) is 6.06. The second kappa shape index (κ2) is 7.24. The highest BCUT2D eigenvalue weighted by Gasteiger charge is 2.48. The van der Waals surface area contributed by atoms with Crippen molar-refractivity contribution < 1.29 is 4.79 Å². The van der Waals surface area contributed by atoms with Crippen molar-refractivity contribution in [2.75, 3.05) is 31.1 Å². The Morgan fingerprint density at radius 3 is 2.35 bits per heavy atom. The number of hydrogen-bond acceptors (Lipinski definition) is 2. The first-order valence-corrected chi connectivity index (χ1v) is 9.90. The van der Waals surface area contributed by atoms with Crippen LogP contribution in [0.15, 0.2) is 54.6 Å². The van der Waals surface area contributed by atoms with Crippen molar-refractivity contribution in [1.29, 1.82) is 0 Å². The Morgan fingerprint density at radius 2 is 1.58 bits per heavy atom. The zero-order chi connectivity index (χ0) is 18.0. The quantitative estimate of drug-likeness (QED) is 0.808. The van der Waals surface area contributed by atoms with Crippen LogP contribution in [0.25, 0.3) is 0 Å². The zero-order valence-corrected chi connectivity index (χ0v) is 15.7. The molecule has 136 valence electrons. The molecule has 2 heterocycles. The van der Waals surface area contributed by atoms with Gasteiger partial charge in [-0.3, -0.25) is 4.79 Å². The van der Waals surface area contributed by atoms with E-state index in [0.29, 0.717) is 0 Å². The lowest BCUT2D eigenvalue weighted by molar-refractivity contribution is -0.121. The molecule has 3 heteroatoms. The average Bonchev–Trinajstić information content (AvgIpc) is 2.92. The van der Waals surface area contributed by atoms with E-state index in [9.17, 15) is 4.79 Å². The molecule has 3 nitrogen and oxygen atoms in total. The standard InChI is InChI=1S/C23H28N2O/c1-23(19-11-4-2-5-12-19)20-13-6-7-14-21(20)25(22(23)26)18-10-17-24-15-8-3-9-16-24/h2,4-7,11-14H,3,8-10,15-18H2,1H3. The molecule has 0 aliphatic carbocycles. The molecule has 2 aromatic rings. The Morgan fingerprint density at radius 1 is 0.885 bits per heavy atom. The third-order valence-corrected chi connectivity index (χ3v) is 6.06. The first kappa shape index (κ1) is 17.3. The molecule has 4 rings (SSSR count). The lowest BCUT2D eigenvalue weighted by Gasteiger charge is -2.28. The summed E-state index contributed by atoms with van der Waals surface area (Å²) in [5.41, 5.74) is 2.72. The van der Waals surface area contributed by atoms with E-state index >= 15 is 0 Å². The molecule has 0 N–H and O–H groups in total. The summed E-state index contributed by atoms with van der Waals surface area (Å²) in [4.78, 5) is 18.0. The maximum absolute atomic E-state index is 13.5. The number of carbonyl (C=O) groups is 1. The molecule has 1 fully saturated rings. The SMILES string of the molecule is CC1(c2ccccc2)C(=O)N(CCCN2CCCCC2)c2ccccc21. The normalized spacial score (nSPS) is 23.3. The summed E-state index contributed by atoms with van der Waals surface area (Å²) >= 11 is 0. The highest BCUT2D eigenvalue weighted by molar-refractivity contribution is 6.10. The molecule has 0 radical (unpaired) electrons. The molecule has 1 amide bonds. The van der Waals surface area contributed by atoms with Gasteiger partial charge in [0, 0.05) is 12.2 Å². The van der Waals surface area contributed by atoms with Crippen LogP contribution in [0.3, 0.4) is 0 Å². The van der Waals surface area contributed by atoms with Crippen LogP contribution in [-0.4, -0.2) is 37.0 Å². The minimum absolute atomic E-state index is 0.212. The van der Waals surface area contributed by atoms with Gasteiger partial charge in [-0.1, -0.05) is 55.0 Å². The van der Waals surface area contributed by atoms with Crippen molar-refractivity contribution in [2.45, 2.75) is 38.0 Å². The lowest BCUT2D eigenvalue weighted by atomic mass is 9.77. The van der Waals surface area contributed by atoms with E-state index in [-0.39, 0.29) is 5.91 Å². The van der Waals surface area contributed by atoms with Gasteiger partial charge in [-0.25, -0.2) is 0 Å². The first-order valence-electron chi connectivity index (χ1n) is 9.90. The van der Waals surface area contributed by atoms with Crippen LogP contribution in [-0.2, 0) is 10.2 Å². The Hall–Kier alpha value is -2.13. The topological polar surface area (TPSA) is 23.6 Å². The number of nitrogens with zero attached hydrogens (tertiary/aromatic N) is 2. The largest absolute Gasteiger partial charge is 0.311 e. The summed E-state index contributed by atoms with van der Waals surface area (Å²) < 4.78 is 0. The Kier molecular flexibility index (Phi) is 4.82. The van der Waals surface area contributed by atoms with Gasteiger partial charge in [0.25, 0.3) is 0 Å². The molecule has 0 bridgehead atoms. The third kappa shape index (κ3) is 2.95. The number of anilines is 1. The van der Waals surface area contributed by atoms with Crippen molar-refractivity contribution >= 4 is 11.6 Å². The number of amides is 1. The summed E-state index contributed by atoms with van der Waals surface area (Å²) in [5.74, 6) is 0.212. The highest BCUT2D eigenvalue weighted by atomic mass is 16.2. The van der Waals surface area contributed by atoms with Gasteiger partial charge >= 0.3 is 0 Å². The minimum Gasteiger partial charge on any atom is -0.311 e. The van der Waals surface area contributed by atoms with Gasteiger partial charge in [0.1, 0.15) is 0 Å². The second-order valence-electron chi connectivity index (χ2n) is 7.72. The van der Waals surface area contributed by atoms with Gasteiger partial charge in [-0.05, 0) is 63.0 Å². The summed E-state index contributed by atoms with van der Waals surface area (Å²) in [7, 11) is 0. The molecule has 1 atom stereocenters. The van der Waals surface area contributed by atoms with Crippen LogP contribution in [0.4, 0.5) is 5.69 Å². The smallest absolute Gasteiger partial charge is 0.241 e. The van der Waals surface area contributed by atoms with Crippen LogP contribution in [0.2, 0.25) is 0 Å². The van der Waals surface area contributed by atoms with Gasteiger partial charge in [0.2, 0.25) is 5.91 Å². The fourth-order valence-electron chi connectivity index (χ4n) is 4.53. The van der Waals surface area contributed by atoms with Crippen molar-refractivity contribution in [3.8, 4) is 0 Å². The van der Waals surface area contributed by atoms with Crippen molar-refractivity contribution in [3.63, 3.8) is 0 Å². The number of fused-ring (bicyclic) bond motifs is 1. The number of benzene rings is 2. The summed E-state index contributed by atoms with van der Waals surface area (Å²) in [6, 6.07) is 18.5. The molecule has 2 aromatic carbocycles. The number of para-hydroxylation sites is 1. The maximum atomic E-state index is 13.5. The minimum atomic E-state index is -0.580. The van der Waals surface area contributed by atoms with Crippen molar-refractivity contribution in [2.24, 2.45) is 0 Å². The first-order chi connectivity index (χ1) is 12.7. The fourth-order valence-corrected chi connectivity index (χ4v) is 4.53. The van der Waals surface area contributed by atoms with Crippen LogP contribution in [0, 0.1) is 0 Å². The number of piperidine rings is 1. The van der Waals surface area contributed by atoms with Crippen molar-refractivity contribution in [3.05, 3.63) is 65.7 Å².